The molecule has 7 heteroatoms. The molecule has 1 aliphatic heterocycles. The lowest BCUT2D eigenvalue weighted by atomic mass is 10.2. The first-order chi connectivity index (χ1) is 10.4. The van der Waals surface area contributed by atoms with Gasteiger partial charge < -0.3 is 9.47 Å². The molecule has 0 radical (unpaired) electrons. The zero-order valence-electron chi connectivity index (χ0n) is 11.4. The van der Waals surface area contributed by atoms with Crippen molar-refractivity contribution in [2.45, 2.75) is 11.5 Å². The maximum absolute atomic E-state index is 12.8. The predicted octanol–water partition coefficient (Wildman–Crippen LogP) is 3.32. The second-order valence-corrected chi connectivity index (χ2v) is 7.44. The Morgan fingerprint density at radius 2 is 1.73 bits per heavy atom. The van der Waals surface area contributed by atoms with E-state index < -0.39 is 15.7 Å². The SMILES string of the molecule is O=S(=O)(Cc1ccc(F)cc1)Cc1cc(Cl)c2c(c1)OCO2. The predicted molar refractivity (Wildman–Crippen MR) is 80.3 cm³/mol. The van der Waals surface area contributed by atoms with E-state index in [-0.39, 0.29) is 18.3 Å². The van der Waals surface area contributed by atoms with E-state index in [1.165, 1.54) is 24.3 Å². The van der Waals surface area contributed by atoms with Crippen LogP contribution >= 0.6 is 11.6 Å². The average Bonchev–Trinajstić information content (AvgIpc) is 2.89. The molecule has 4 nitrogen and oxygen atoms in total. The smallest absolute Gasteiger partial charge is 0.231 e. The number of hydrogen-bond acceptors (Lipinski definition) is 4. The molecule has 0 saturated carbocycles. The van der Waals surface area contributed by atoms with Crippen LogP contribution in [0, 0.1) is 5.82 Å². The monoisotopic (exact) mass is 342 g/mol. The highest BCUT2D eigenvalue weighted by atomic mass is 35.5. The Kier molecular flexibility index (Phi) is 3.97. The van der Waals surface area contributed by atoms with Crippen LogP contribution in [0.2, 0.25) is 5.02 Å². The van der Waals surface area contributed by atoms with Gasteiger partial charge in [-0.3, -0.25) is 0 Å². The Bertz CT molecular complexity index is 803. The van der Waals surface area contributed by atoms with E-state index in [4.69, 9.17) is 21.1 Å². The van der Waals surface area contributed by atoms with Crippen LogP contribution in [0.3, 0.4) is 0 Å². The molecule has 0 aromatic heterocycles. The molecule has 0 unspecified atom stereocenters. The number of benzene rings is 2. The summed E-state index contributed by atoms with van der Waals surface area (Å²) in [5, 5.41) is 0.321. The van der Waals surface area contributed by atoms with Crippen molar-refractivity contribution < 1.29 is 22.3 Å². The van der Waals surface area contributed by atoms with Crippen LogP contribution in [-0.2, 0) is 21.3 Å². The van der Waals surface area contributed by atoms with Gasteiger partial charge in [0.2, 0.25) is 6.79 Å². The number of hydrogen-bond donors (Lipinski definition) is 0. The van der Waals surface area contributed by atoms with Crippen molar-refractivity contribution >= 4 is 21.4 Å². The van der Waals surface area contributed by atoms with E-state index in [9.17, 15) is 12.8 Å². The topological polar surface area (TPSA) is 52.6 Å². The molecule has 0 atom stereocenters. The van der Waals surface area contributed by atoms with Gasteiger partial charge in [0.15, 0.2) is 21.3 Å². The van der Waals surface area contributed by atoms with Gasteiger partial charge in [-0.1, -0.05) is 23.7 Å². The Hall–Kier alpha value is -1.79. The normalized spacial score (nSPS) is 13.4. The summed E-state index contributed by atoms with van der Waals surface area (Å²) in [5.74, 6) is 0.129. The average molecular weight is 343 g/mol. The molecule has 2 aromatic rings. The standard InChI is InChI=1S/C15H12ClFO4S/c16-13-5-11(6-14-15(13)21-9-20-14)8-22(18,19)7-10-1-3-12(17)4-2-10/h1-6H,7-9H2. The van der Waals surface area contributed by atoms with Crippen LogP contribution in [0.1, 0.15) is 11.1 Å². The molecule has 116 valence electrons. The van der Waals surface area contributed by atoms with Crippen LogP contribution in [0.4, 0.5) is 4.39 Å². The number of halogens is 2. The van der Waals surface area contributed by atoms with Gasteiger partial charge in [0, 0.05) is 0 Å². The molecule has 0 spiro atoms. The largest absolute Gasteiger partial charge is 0.454 e. The Morgan fingerprint density at radius 1 is 1.05 bits per heavy atom. The zero-order valence-corrected chi connectivity index (χ0v) is 13.0. The van der Waals surface area contributed by atoms with Gasteiger partial charge in [-0.15, -0.1) is 0 Å². The summed E-state index contributed by atoms with van der Waals surface area (Å²) in [6.45, 7) is 0.0703. The minimum absolute atomic E-state index is 0.0703. The highest BCUT2D eigenvalue weighted by molar-refractivity contribution is 7.89. The lowest BCUT2D eigenvalue weighted by molar-refractivity contribution is 0.174. The minimum Gasteiger partial charge on any atom is -0.454 e. The summed E-state index contributed by atoms with van der Waals surface area (Å²) in [6.07, 6.45) is 0. The highest BCUT2D eigenvalue weighted by Crippen LogP contribution is 2.40. The first-order valence-electron chi connectivity index (χ1n) is 6.46. The summed E-state index contributed by atoms with van der Waals surface area (Å²) >= 11 is 6.04. The lowest BCUT2D eigenvalue weighted by Crippen LogP contribution is -2.07. The zero-order chi connectivity index (χ0) is 15.7. The third-order valence-electron chi connectivity index (χ3n) is 3.17. The van der Waals surface area contributed by atoms with Crippen molar-refractivity contribution in [3.8, 4) is 11.5 Å². The number of sulfone groups is 1. The molecule has 3 rings (SSSR count). The summed E-state index contributed by atoms with van der Waals surface area (Å²) in [7, 11) is -3.41. The van der Waals surface area contributed by atoms with Crippen LogP contribution in [-0.4, -0.2) is 15.2 Å². The first-order valence-corrected chi connectivity index (χ1v) is 8.66. The minimum atomic E-state index is -3.41. The third kappa shape index (κ3) is 3.34. The summed E-state index contributed by atoms with van der Waals surface area (Å²) in [4.78, 5) is 0. The van der Waals surface area contributed by atoms with Gasteiger partial charge in [0.25, 0.3) is 0 Å². The third-order valence-corrected chi connectivity index (χ3v) is 5.00. The van der Waals surface area contributed by atoms with Gasteiger partial charge in [0.05, 0.1) is 16.5 Å². The molecule has 0 amide bonds. The first kappa shape index (κ1) is 15.1. The number of fused-ring (bicyclic) bond motifs is 1. The second-order valence-electron chi connectivity index (χ2n) is 4.97. The quantitative estimate of drug-likeness (QED) is 0.855. The van der Waals surface area contributed by atoms with E-state index >= 15 is 0 Å². The molecule has 0 fully saturated rings. The summed E-state index contributed by atoms with van der Waals surface area (Å²) in [5.41, 5.74) is 1.06. The Labute approximate surface area is 132 Å². The molecule has 0 bridgehead atoms. The molecular weight excluding hydrogens is 331 g/mol. The molecule has 1 heterocycles. The van der Waals surface area contributed by atoms with Crippen molar-refractivity contribution in [1.82, 2.24) is 0 Å². The molecule has 2 aromatic carbocycles. The second kappa shape index (κ2) is 5.78. The molecule has 0 N–H and O–H groups in total. The maximum atomic E-state index is 12.8. The lowest BCUT2D eigenvalue weighted by Gasteiger charge is -2.07. The van der Waals surface area contributed by atoms with Crippen molar-refractivity contribution in [2.75, 3.05) is 6.79 Å². The number of ether oxygens (including phenoxy) is 2. The molecule has 1 aliphatic rings. The van der Waals surface area contributed by atoms with E-state index in [0.29, 0.717) is 27.6 Å². The highest BCUT2D eigenvalue weighted by Gasteiger charge is 2.21. The Morgan fingerprint density at radius 3 is 2.45 bits per heavy atom. The number of rotatable bonds is 4. The van der Waals surface area contributed by atoms with Crippen LogP contribution in [0.5, 0.6) is 11.5 Å². The van der Waals surface area contributed by atoms with Crippen LogP contribution < -0.4 is 9.47 Å². The van der Waals surface area contributed by atoms with E-state index in [1.54, 1.807) is 12.1 Å². The van der Waals surface area contributed by atoms with E-state index in [1.807, 2.05) is 0 Å². The molecule has 0 aliphatic carbocycles. The van der Waals surface area contributed by atoms with Gasteiger partial charge >= 0.3 is 0 Å². The van der Waals surface area contributed by atoms with Crippen molar-refractivity contribution in [2.24, 2.45) is 0 Å². The van der Waals surface area contributed by atoms with Crippen LogP contribution in [0.25, 0.3) is 0 Å². The van der Waals surface area contributed by atoms with Crippen LogP contribution in [0.15, 0.2) is 36.4 Å². The molecule has 22 heavy (non-hydrogen) atoms. The summed E-state index contributed by atoms with van der Waals surface area (Å²) in [6, 6.07) is 8.55. The molecule has 0 saturated heterocycles. The van der Waals surface area contributed by atoms with Crippen molar-refractivity contribution in [3.05, 3.63) is 58.4 Å². The van der Waals surface area contributed by atoms with E-state index in [2.05, 4.69) is 0 Å². The van der Waals surface area contributed by atoms with Gasteiger partial charge in [0.1, 0.15) is 5.82 Å². The fourth-order valence-electron chi connectivity index (χ4n) is 2.24. The molecular formula is C15H12ClFO4S. The van der Waals surface area contributed by atoms with Gasteiger partial charge in [-0.2, -0.15) is 0 Å². The Balaban J connectivity index is 1.80. The van der Waals surface area contributed by atoms with Crippen molar-refractivity contribution in [3.63, 3.8) is 0 Å². The fourth-order valence-corrected chi connectivity index (χ4v) is 4.01. The summed E-state index contributed by atoms with van der Waals surface area (Å²) < 4.78 is 47.8. The van der Waals surface area contributed by atoms with Gasteiger partial charge in [-0.25, -0.2) is 12.8 Å². The van der Waals surface area contributed by atoms with E-state index in [0.717, 1.165) is 0 Å². The fraction of sp³-hybridized carbons (Fsp3) is 0.200. The van der Waals surface area contributed by atoms with Gasteiger partial charge in [-0.05, 0) is 35.4 Å². The van der Waals surface area contributed by atoms with Crippen molar-refractivity contribution in [1.29, 1.82) is 0 Å². The maximum Gasteiger partial charge on any atom is 0.231 e.